The second-order valence-corrected chi connectivity index (χ2v) is 6.73. The number of sulfonamides is 1. The van der Waals surface area contributed by atoms with Crippen molar-refractivity contribution in [1.29, 1.82) is 0 Å². The molecule has 5 nitrogen and oxygen atoms in total. The average molecular weight is 320 g/mol. The summed E-state index contributed by atoms with van der Waals surface area (Å²) in [6.45, 7) is 2.38. The summed E-state index contributed by atoms with van der Waals surface area (Å²) in [5.41, 5.74) is 1.90. The molecule has 0 bridgehead atoms. The third-order valence-electron chi connectivity index (χ3n) is 3.15. The number of benzene rings is 1. The Bertz CT molecular complexity index is 670. The van der Waals surface area contributed by atoms with E-state index in [0.29, 0.717) is 11.4 Å². The van der Waals surface area contributed by atoms with Gasteiger partial charge in [-0.25, -0.2) is 13.1 Å². The number of nitrogens with zero attached hydrogens (tertiary/aromatic N) is 1. The predicted octanol–water partition coefficient (Wildman–Crippen LogP) is 2.14. The molecule has 0 aliphatic rings. The van der Waals surface area contributed by atoms with Gasteiger partial charge in [-0.1, -0.05) is 25.1 Å². The summed E-state index contributed by atoms with van der Waals surface area (Å²) in [7, 11) is -3.38. The van der Waals surface area contributed by atoms with Crippen LogP contribution < -0.4 is 9.46 Å². The maximum absolute atomic E-state index is 11.9. The molecule has 0 unspecified atom stereocenters. The van der Waals surface area contributed by atoms with Crippen LogP contribution in [0.1, 0.15) is 18.2 Å². The fraction of sp³-hybridized carbons (Fsp3) is 0.312. The minimum absolute atomic E-state index is 0.0879. The number of nitrogens with one attached hydrogen (secondary N) is 1. The number of ether oxygens (including phenoxy) is 1. The van der Waals surface area contributed by atoms with Gasteiger partial charge in [0.05, 0.1) is 18.0 Å². The van der Waals surface area contributed by atoms with Gasteiger partial charge in [0.15, 0.2) is 0 Å². The molecule has 0 atom stereocenters. The van der Waals surface area contributed by atoms with Crippen molar-refractivity contribution in [2.45, 2.75) is 19.9 Å². The Morgan fingerprint density at radius 3 is 2.55 bits per heavy atom. The normalized spacial score (nSPS) is 11.3. The van der Waals surface area contributed by atoms with Crippen molar-refractivity contribution in [3.63, 3.8) is 0 Å². The van der Waals surface area contributed by atoms with Crippen molar-refractivity contribution in [3.05, 3.63) is 59.9 Å². The smallest absolute Gasteiger partial charge is 0.215 e. The Morgan fingerprint density at radius 2 is 1.91 bits per heavy atom. The first-order valence-corrected chi connectivity index (χ1v) is 8.83. The highest BCUT2D eigenvalue weighted by Crippen LogP contribution is 2.12. The molecule has 0 aliphatic carbocycles. The lowest BCUT2D eigenvalue weighted by Crippen LogP contribution is -2.28. The van der Waals surface area contributed by atoms with Gasteiger partial charge in [-0.15, -0.1) is 0 Å². The molecule has 118 valence electrons. The fourth-order valence-electron chi connectivity index (χ4n) is 1.85. The topological polar surface area (TPSA) is 68.3 Å². The van der Waals surface area contributed by atoms with Crippen LogP contribution in [0.25, 0.3) is 0 Å². The second kappa shape index (κ2) is 7.91. The van der Waals surface area contributed by atoms with Gasteiger partial charge >= 0.3 is 0 Å². The van der Waals surface area contributed by atoms with E-state index in [1.165, 1.54) is 5.56 Å². The molecule has 1 heterocycles. The van der Waals surface area contributed by atoms with Gasteiger partial charge in [0.1, 0.15) is 12.4 Å². The maximum Gasteiger partial charge on any atom is 0.215 e. The molecular formula is C16H20N2O3S. The zero-order valence-electron chi connectivity index (χ0n) is 12.5. The Morgan fingerprint density at radius 1 is 1.14 bits per heavy atom. The van der Waals surface area contributed by atoms with E-state index in [1.54, 1.807) is 18.3 Å². The zero-order chi connectivity index (χ0) is 15.8. The average Bonchev–Trinajstić information content (AvgIpc) is 2.55. The Balaban J connectivity index is 1.77. The van der Waals surface area contributed by atoms with Crippen molar-refractivity contribution in [2.75, 3.05) is 12.4 Å². The van der Waals surface area contributed by atoms with Gasteiger partial charge in [-0.05, 0) is 36.2 Å². The predicted molar refractivity (Wildman–Crippen MR) is 86.2 cm³/mol. The van der Waals surface area contributed by atoms with Gasteiger partial charge in [0.25, 0.3) is 0 Å². The molecule has 0 saturated heterocycles. The van der Waals surface area contributed by atoms with Crippen LogP contribution in [-0.4, -0.2) is 25.8 Å². The first-order valence-electron chi connectivity index (χ1n) is 7.18. The minimum Gasteiger partial charge on any atom is -0.492 e. The van der Waals surface area contributed by atoms with Crippen molar-refractivity contribution < 1.29 is 13.2 Å². The quantitative estimate of drug-likeness (QED) is 0.809. The van der Waals surface area contributed by atoms with Crippen LogP contribution in [0.15, 0.2) is 48.7 Å². The van der Waals surface area contributed by atoms with E-state index in [2.05, 4.69) is 16.6 Å². The summed E-state index contributed by atoms with van der Waals surface area (Å²) in [4.78, 5) is 4.07. The molecule has 0 radical (unpaired) electrons. The number of rotatable bonds is 8. The Hall–Kier alpha value is -1.92. The van der Waals surface area contributed by atoms with E-state index >= 15 is 0 Å². The van der Waals surface area contributed by atoms with Gasteiger partial charge in [0, 0.05) is 6.20 Å². The SMILES string of the molecule is CCc1ccc(OCCS(=O)(=O)NCc2ccccn2)cc1. The summed E-state index contributed by atoms with van der Waals surface area (Å²) < 4.78 is 31.7. The van der Waals surface area contributed by atoms with Crippen LogP contribution in [0.3, 0.4) is 0 Å². The molecule has 0 saturated carbocycles. The van der Waals surface area contributed by atoms with Gasteiger partial charge < -0.3 is 4.74 Å². The van der Waals surface area contributed by atoms with Gasteiger partial charge in [-0.3, -0.25) is 4.98 Å². The van der Waals surface area contributed by atoms with Crippen LogP contribution >= 0.6 is 0 Å². The molecule has 1 N–H and O–H groups in total. The first-order chi connectivity index (χ1) is 10.6. The largest absolute Gasteiger partial charge is 0.492 e. The van der Waals surface area contributed by atoms with Crippen molar-refractivity contribution in [3.8, 4) is 5.75 Å². The highest BCUT2D eigenvalue weighted by Gasteiger charge is 2.10. The van der Waals surface area contributed by atoms with Crippen LogP contribution in [0.2, 0.25) is 0 Å². The maximum atomic E-state index is 11.9. The number of hydrogen-bond acceptors (Lipinski definition) is 4. The molecule has 6 heteroatoms. The monoisotopic (exact) mass is 320 g/mol. The van der Waals surface area contributed by atoms with E-state index in [4.69, 9.17) is 4.74 Å². The van der Waals surface area contributed by atoms with Crippen LogP contribution in [-0.2, 0) is 23.0 Å². The van der Waals surface area contributed by atoms with Crippen molar-refractivity contribution >= 4 is 10.0 Å². The number of aryl methyl sites for hydroxylation is 1. The standard InChI is InChI=1S/C16H20N2O3S/c1-2-14-6-8-16(9-7-14)21-11-12-22(19,20)18-13-15-5-3-4-10-17-15/h3-10,18H,2,11-13H2,1H3. The van der Waals surface area contributed by atoms with E-state index in [-0.39, 0.29) is 18.9 Å². The molecule has 2 rings (SSSR count). The molecular weight excluding hydrogens is 300 g/mol. The first kappa shape index (κ1) is 16.5. The summed E-state index contributed by atoms with van der Waals surface area (Å²) >= 11 is 0. The number of hydrogen-bond donors (Lipinski definition) is 1. The van der Waals surface area contributed by atoms with Crippen LogP contribution in [0.5, 0.6) is 5.75 Å². The molecule has 0 aliphatic heterocycles. The summed E-state index contributed by atoms with van der Waals surface area (Å²) in [5.74, 6) is 0.590. The Labute approximate surface area is 131 Å². The minimum atomic E-state index is -3.38. The third-order valence-corrected chi connectivity index (χ3v) is 4.44. The highest BCUT2D eigenvalue weighted by molar-refractivity contribution is 7.89. The summed E-state index contributed by atoms with van der Waals surface area (Å²) in [6.07, 6.45) is 2.60. The molecule has 1 aromatic heterocycles. The fourth-order valence-corrected chi connectivity index (χ4v) is 2.66. The molecule has 22 heavy (non-hydrogen) atoms. The van der Waals surface area contributed by atoms with Crippen LogP contribution in [0.4, 0.5) is 0 Å². The molecule has 0 amide bonds. The molecule has 1 aromatic carbocycles. The third kappa shape index (κ3) is 5.46. The molecule has 0 spiro atoms. The van der Waals surface area contributed by atoms with E-state index < -0.39 is 10.0 Å². The van der Waals surface area contributed by atoms with E-state index in [0.717, 1.165) is 6.42 Å². The lowest BCUT2D eigenvalue weighted by molar-refractivity contribution is 0.340. The Kier molecular flexibility index (Phi) is 5.91. The summed E-state index contributed by atoms with van der Waals surface area (Å²) in [6, 6.07) is 13.0. The van der Waals surface area contributed by atoms with Crippen molar-refractivity contribution in [2.24, 2.45) is 0 Å². The number of pyridine rings is 1. The van der Waals surface area contributed by atoms with E-state index in [9.17, 15) is 8.42 Å². The number of aromatic nitrogens is 1. The van der Waals surface area contributed by atoms with Gasteiger partial charge in [-0.2, -0.15) is 0 Å². The lowest BCUT2D eigenvalue weighted by atomic mass is 10.2. The molecule has 0 fully saturated rings. The molecule has 2 aromatic rings. The summed E-state index contributed by atoms with van der Waals surface area (Å²) in [5, 5.41) is 0. The van der Waals surface area contributed by atoms with E-state index in [1.807, 2.05) is 30.3 Å². The lowest BCUT2D eigenvalue weighted by Gasteiger charge is -2.08. The zero-order valence-corrected chi connectivity index (χ0v) is 13.3. The van der Waals surface area contributed by atoms with Crippen molar-refractivity contribution in [1.82, 2.24) is 9.71 Å². The second-order valence-electron chi connectivity index (χ2n) is 4.81. The van der Waals surface area contributed by atoms with Gasteiger partial charge in [0.2, 0.25) is 10.0 Å². The van der Waals surface area contributed by atoms with Crippen LogP contribution in [0, 0.1) is 0 Å². The highest BCUT2D eigenvalue weighted by atomic mass is 32.2.